The molecule has 3 nitrogen and oxygen atoms in total. The van der Waals surface area contributed by atoms with Gasteiger partial charge in [-0.3, -0.25) is 0 Å². The number of aryl methyl sites for hydroxylation is 1. The summed E-state index contributed by atoms with van der Waals surface area (Å²) in [5.41, 5.74) is 3.15. The van der Waals surface area contributed by atoms with E-state index in [0.29, 0.717) is 0 Å². The Bertz CT molecular complexity index is 608. The second-order valence-electron chi connectivity index (χ2n) is 4.01. The maximum absolute atomic E-state index is 11.4. The number of aromatic nitrogens is 1. The molecule has 2 rings (SSSR count). The Hall–Kier alpha value is -2.29. The van der Waals surface area contributed by atoms with Crippen LogP contribution >= 0.6 is 0 Å². The summed E-state index contributed by atoms with van der Waals surface area (Å²) in [4.78, 5) is 14.6. The SMILES string of the molecule is C=CCOC(=O)/C=C/c1cccc2[nH]c(C)cc12. The van der Waals surface area contributed by atoms with Crippen LogP contribution in [0.3, 0.4) is 0 Å². The number of nitrogens with one attached hydrogen (secondary N) is 1. The van der Waals surface area contributed by atoms with Crippen LogP contribution in [0.2, 0.25) is 0 Å². The van der Waals surface area contributed by atoms with Crippen LogP contribution < -0.4 is 0 Å². The summed E-state index contributed by atoms with van der Waals surface area (Å²) >= 11 is 0. The van der Waals surface area contributed by atoms with Crippen molar-refractivity contribution >= 4 is 22.9 Å². The van der Waals surface area contributed by atoms with E-state index in [4.69, 9.17) is 4.74 Å². The second kappa shape index (κ2) is 5.36. The molecule has 0 aliphatic carbocycles. The van der Waals surface area contributed by atoms with Crippen molar-refractivity contribution < 1.29 is 9.53 Å². The number of benzene rings is 1. The molecule has 0 unspecified atom stereocenters. The van der Waals surface area contributed by atoms with Gasteiger partial charge < -0.3 is 9.72 Å². The zero-order chi connectivity index (χ0) is 13.0. The Labute approximate surface area is 106 Å². The van der Waals surface area contributed by atoms with Gasteiger partial charge in [0.15, 0.2) is 0 Å². The maximum Gasteiger partial charge on any atom is 0.331 e. The van der Waals surface area contributed by atoms with Crippen molar-refractivity contribution in [3.8, 4) is 0 Å². The third-order valence-corrected chi connectivity index (χ3v) is 2.57. The fourth-order valence-electron chi connectivity index (χ4n) is 1.81. The molecule has 1 N–H and O–H groups in total. The number of carbonyl (C=O) groups is 1. The number of aromatic amines is 1. The van der Waals surface area contributed by atoms with Gasteiger partial charge in [-0.25, -0.2) is 4.79 Å². The summed E-state index contributed by atoms with van der Waals surface area (Å²) in [5.74, 6) is -0.362. The van der Waals surface area contributed by atoms with E-state index in [2.05, 4.69) is 17.6 Å². The molecule has 1 aromatic carbocycles. The lowest BCUT2D eigenvalue weighted by atomic mass is 10.1. The summed E-state index contributed by atoms with van der Waals surface area (Å²) in [6.07, 6.45) is 4.74. The minimum absolute atomic E-state index is 0.233. The zero-order valence-corrected chi connectivity index (χ0v) is 10.3. The second-order valence-corrected chi connectivity index (χ2v) is 4.01. The van der Waals surface area contributed by atoms with Crippen LogP contribution in [0.4, 0.5) is 0 Å². The molecule has 3 heteroatoms. The molecular weight excluding hydrogens is 226 g/mol. The maximum atomic E-state index is 11.4. The largest absolute Gasteiger partial charge is 0.458 e. The van der Waals surface area contributed by atoms with E-state index in [1.165, 1.54) is 6.08 Å². The van der Waals surface area contributed by atoms with Gasteiger partial charge in [-0.15, -0.1) is 0 Å². The molecule has 1 heterocycles. The molecule has 0 aliphatic rings. The van der Waals surface area contributed by atoms with Crippen molar-refractivity contribution in [3.05, 3.63) is 54.3 Å². The lowest BCUT2D eigenvalue weighted by molar-refractivity contribution is -0.136. The van der Waals surface area contributed by atoms with E-state index < -0.39 is 0 Å². The van der Waals surface area contributed by atoms with Crippen LogP contribution in [-0.4, -0.2) is 17.6 Å². The van der Waals surface area contributed by atoms with Crippen molar-refractivity contribution in [1.29, 1.82) is 0 Å². The molecule has 0 radical (unpaired) electrons. The van der Waals surface area contributed by atoms with Crippen LogP contribution in [0.15, 0.2) is 43.0 Å². The number of hydrogen-bond acceptors (Lipinski definition) is 2. The standard InChI is InChI=1S/C15H15NO2/c1-3-9-18-15(17)8-7-12-5-4-6-14-13(12)10-11(2)16-14/h3-8,10,16H,1,9H2,2H3/b8-7+. The molecule has 0 amide bonds. The Morgan fingerprint density at radius 2 is 2.33 bits per heavy atom. The van der Waals surface area contributed by atoms with Gasteiger partial charge in [0.1, 0.15) is 6.61 Å². The van der Waals surface area contributed by atoms with Crippen LogP contribution in [0.1, 0.15) is 11.3 Å². The zero-order valence-electron chi connectivity index (χ0n) is 10.3. The molecule has 1 aromatic heterocycles. The van der Waals surface area contributed by atoms with Crippen molar-refractivity contribution in [2.45, 2.75) is 6.92 Å². The van der Waals surface area contributed by atoms with Crippen molar-refractivity contribution in [3.63, 3.8) is 0 Å². The third-order valence-electron chi connectivity index (χ3n) is 2.57. The highest BCUT2D eigenvalue weighted by Crippen LogP contribution is 2.20. The Morgan fingerprint density at radius 3 is 3.11 bits per heavy atom. The fraction of sp³-hybridized carbons (Fsp3) is 0.133. The number of rotatable bonds is 4. The molecule has 92 valence electrons. The van der Waals surface area contributed by atoms with Crippen molar-refractivity contribution in [2.24, 2.45) is 0 Å². The molecule has 2 aromatic rings. The number of fused-ring (bicyclic) bond motifs is 1. The molecule has 0 saturated carbocycles. The highest BCUT2D eigenvalue weighted by atomic mass is 16.5. The quantitative estimate of drug-likeness (QED) is 0.507. The first kappa shape index (κ1) is 12.2. The topological polar surface area (TPSA) is 42.1 Å². The monoisotopic (exact) mass is 241 g/mol. The molecule has 0 aliphatic heterocycles. The highest BCUT2D eigenvalue weighted by molar-refractivity contribution is 5.94. The van der Waals surface area contributed by atoms with Gasteiger partial charge in [-0.2, -0.15) is 0 Å². The normalized spacial score (nSPS) is 10.9. The van der Waals surface area contributed by atoms with Crippen molar-refractivity contribution in [2.75, 3.05) is 6.61 Å². The lowest BCUT2D eigenvalue weighted by Crippen LogP contribution is -1.99. The Morgan fingerprint density at radius 1 is 1.50 bits per heavy atom. The predicted octanol–water partition coefficient (Wildman–Crippen LogP) is 3.22. The van der Waals surface area contributed by atoms with Crippen LogP contribution in [0, 0.1) is 6.92 Å². The first-order valence-corrected chi connectivity index (χ1v) is 5.75. The molecule has 18 heavy (non-hydrogen) atoms. The highest BCUT2D eigenvalue weighted by Gasteiger charge is 2.01. The van der Waals surface area contributed by atoms with Gasteiger partial charge >= 0.3 is 5.97 Å². The average molecular weight is 241 g/mol. The minimum Gasteiger partial charge on any atom is -0.458 e. The smallest absolute Gasteiger partial charge is 0.331 e. The molecular formula is C15H15NO2. The third kappa shape index (κ3) is 2.69. The number of hydrogen-bond donors (Lipinski definition) is 1. The average Bonchev–Trinajstić information content (AvgIpc) is 2.74. The van der Waals surface area contributed by atoms with E-state index in [1.807, 2.05) is 25.1 Å². The van der Waals surface area contributed by atoms with E-state index in [0.717, 1.165) is 22.2 Å². The van der Waals surface area contributed by atoms with Gasteiger partial charge in [0.25, 0.3) is 0 Å². The number of carbonyl (C=O) groups excluding carboxylic acids is 1. The van der Waals surface area contributed by atoms with Gasteiger partial charge in [0.2, 0.25) is 0 Å². The van der Waals surface area contributed by atoms with E-state index >= 15 is 0 Å². The molecule has 0 saturated heterocycles. The lowest BCUT2D eigenvalue weighted by Gasteiger charge is -1.97. The first-order chi connectivity index (χ1) is 8.70. The number of ether oxygens (including phenoxy) is 1. The van der Waals surface area contributed by atoms with Gasteiger partial charge in [-0.05, 0) is 30.7 Å². The molecule has 0 bridgehead atoms. The van der Waals surface area contributed by atoms with Crippen LogP contribution in [-0.2, 0) is 9.53 Å². The summed E-state index contributed by atoms with van der Waals surface area (Å²) in [6, 6.07) is 7.99. The molecule has 0 spiro atoms. The summed E-state index contributed by atoms with van der Waals surface area (Å²) < 4.78 is 4.88. The van der Waals surface area contributed by atoms with Gasteiger partial charge in [0, 0.05) is 22.7 Å². The van der Waals surface area contributed by atoms with E-state index in [9.17, 15) is 4.79 Å². The van der Waals surface area contributed by atoms with E-state index in [1.54, 1.807) is 12.2 Å². The Balaban J connectivity index is 2.23. The van der Waals surface area contributed by atoms with Crippen LogP contribution in [0.5, 0.6) is 0 Å². The predicted molar refractivity (Wildman–Crippen MR) is 73.2 cm³/mol. The molecule has 0 fully saturated rings. The Kier molecular flexibility index (Phi) is 3.63. The fourth-order valence-corrected chi connectivity index (χ4v) is 1.81. The van der Waals surface area contributed by atoms with E-state index in [-0.39, 0.29) is 12.6 Å². The van der Waals surface area contributed by atoms with Gasteiger partial charge in [-0.1, -0.05) is 24.8 Å². The number of H-pyrrole nitrogens is 1. The van der Waals surface area contributed by atoms with Crippen molar-refractivity contribution in [1.82, 2.24) is 4.98 Å². The first-order valence-electron chi connectivity index (χ1n) is 5.75. The van der Waals surface area contributed by atoms with Crippen LogP contribution in [0.25, 0.3) is 17.0 Å². The number of esters is 1. The van der Waals surface area contributed by atoms with Gasteiger partial charge in [0.05, 0.1) is 0 Å². The summed E-state index contributed by atoms with van der Waals surface area (Å²) in [5, 5.41) is 1.10. The summed E-state index contributed by atoms with van der Waals surface area (Å²) in [7, 11) is 0. The minimum atomic E-state index is -0.362. The molecule has 0 atom stereocenters. The summed E-state index contributed by atoms with van der Waals surface area (Å²) in [6.45, 7) is 5.73.